The van der Waals surface area contributed by atoms with Crippen molar-refractivity contribution in [3.05, 3.63) is 35.8 Å². The molecule has 0 aliphatic carbocycles. The second-order valence-electron chi connectivity index (χ2n) is 6.12. The van der Waals surface area contributed by atoms with Gasteiger partial charge in [0.25, 0.3) is 5.91 Å². The lowest BCUT2D eigenvalue weighted by atomic mass is 10.2. The van der Waals surface area contributed by atoms with Crippen molar-refractivity contribution in [2.45, 2.75) is 18.9 Å². The minimum absolute atomic E-state index is 0.272. The lowest BCUT2D eigenvalue weighted by molar-refractivity contribution is -0.117. The molecule has 0 bridgehead atoms. The van der Waals surface area contributed by atoms with Gasteiger partial charge in [-0.05, 0) is 19.2 Å². The molecule has 1 saturated heterocycles. The number of H-pyrrole nitrogens is 1. The van der Waals surface area contributed by atoms with Crippen LogP contribution in [0, 0.1) is 0 Å². The van der Waals surface area contributed by atoms with E-state index in [1.807, 2.05) is 11.0 Å². The van der Waals surface area contributed by atoms with Gasteiger partial charge in [-0.1, -0.05) is 0 Å². The third-order valence-corrected chi connectivity index (χ3v) is 4.61. The molecule has 2 amide bonds. The maximum atomic E-state index is 13.5. The van der Waals surface area contributed by atoms with Gasteiger partial charge in [0.15, 0.2) is 24.6 Å². The summed E-state index contributed by atoms with van der Waals surface area (Å²) in [7, 11) is 1.71. The number of likely N-dealkylation sites (tertiary alicyclic amines) is 1. The van der Waals surface area contributed by atoms with Crippen molar-refractivity contribution in [3.63, 3.8) is 0 Å². The molecule has 26 heavy (non-hydrogen) atoms. The van der Waals surface area contributed by atoms with Crippen LogP contribution in [0.2, 0.25) is 0 Å². The average molecular weight is 362 g/mol. The molecule has 3 aliphatic rings. The van der Waals surface area contributed by atoms with Gasteiger partial charge in [0.1, 0.15) is 11.9 Å². The molecular weight excluding hydrogens is 343 g/mol. The summed E-state index contributed by atoms with van der Waals surface area (Å²) < 4.78 is 19.1. The van der Waals surface area contributed by atoms with E-state index >= 15 is 0 Å². The molecule has 10 heteroatoms. The predicted octanol–water partition coefficient (Wildman–Crippen LogP) is 0.232. The molecule has 2 atom stereocenters. The molecule has 9 nitrogen and oxygen atoms in total. The van der Waals surface area contributed by atoms with Crippen LogP contribution in [0.25, 0.3) is 0 Å². The van der Waals surface area contributed by atoms with Crippen LogP contribution in [-0.4, -0.2) is 59.9 Å². The number of hydrazine groups is 1. The van der Waals surface area contributed by atoms with E-state index in [1.165, 1.54) is 9.80 Å². The number of carbonyl (C=O) groups is 2. The first kappa shape index (κ1) is 16.6. The number of aromatic nitrogens is 1. The van der Waals surface area contributed by atoms with Crippen molar-refractivity contribution in [2.75, 3.05) is 25.2 Å². The second-order valence-corrected chi connectivity index (χ2v) is 6.12. The van der Waals surface area contributed by atoms with Gasteiger partial charge in [-0.15, -0.1) is 0 Å². The molecular formula is C16H19FN6O3. The Hall–Kier alpha value is -2.85. The van der Waals surface area contributed by atoms with Crippen LogP contribution < -0.4 is 20.5 Å². The SMILES string of the molecule is CNNC1C=C(N2COc3cc(C(=O)N4CCC4F)[nH]c32)C=CN1C=O. The highest BCUT2D eigenvalue weighted by atomic mass is 19.1. The standard InChI is InChI=1S/C16H19FN6O3/c1-18-20-14-6-10(2-4-21(14)8-24)23-9-26-12-7-11(19-15(12)23)16(25)22-5-3-13(22)17/h2,4,6-8,13-14,18-20H,3,5,9H2,1H3. The van der Waals surface area contributed by atoms with Crippen molar-refractivity contribution in [3.8, 4) is 5.75 Å². The van der Waals surface area contributed by atoms with Gasteiger partial charge in [-0.25, -0.2) is 9.82 Å². The number of halogens is 1. The van der Waals surface area contributed by atoms with Crippen LogP contribution >= 0.6 is 0 Å². The molecule has 1 fully saturated rings. The first-order chi connectivity index (χ1) is 12.6. The van der Waals surface area contributed by atoms with Crippen LogP contribution in [0.4, 0.5) is 10.2 Å². The summed E-state index contributed by atoms with van der Waals surface area (Å²) in [5, 5.41) is 0. The van der Waals surface area contributed by atoms with Gasteiger partial charge < -0.3 is 19.5 Å². The zero-order chi connectivity index (χ0) is 18.3. The first-order valence-electron chi connectivity index (χ1n) is 8.26. The molecule has 2 unspecified atom stereocenters. The number of nitrogens with one attached hydrogen (secondary N) is 3. The minimum atomic E-state index is -1.22. The summed E-state index contributed by atoms with van der Waals surface area (Å²) in [6, 6.07) is 1.59. The Morgan fingerprint density at radius 3 is 3.00 bits per heavy atom. The number of allylic oxidation sites excluding steroid dienone is 1. The second kappa shape index (κ2) is 6.46. The van der Waals surface area contributed by atoms with Gasteiger partial charge in [0.2, 0.25) is 6.41 Å². The molecule has 4 heterocycles. The highest BCUT2D eigenvalue weighted by Gasteiger charge is 2.35. The van der Waals surface area contributed by atoms with Gasteiger partial charge in [-0.3, -0.25) is 19.9 Å². The fraction of sp³-hybridized carbons (Fsp3) is 0.375. The van der Waals surface area contributed by atoms with Crippen molar-refractivity contribution in [1.82, 2.24) is 25.6 Å². The summed E-state index contributed by atoms with van der Waals surface area (Å²) in [5.41, 5.74) is 6.85. The van der Waals surface area contributed by atoms with Crippen LogP contribution in [-0.2, 0) is 4.79 Å². The van der Waals surface area contributed by atoms with E-state index in [-0.39, 0.29) is 18.8 Å². The molecule has 3 N–H and O–H groups in total. The summed E-state index contributed by atoms with van der Waals surface area (Å²) in [4.78, 5) is 31.0. The lowest BCUT2D eigenvalue weighted by Gasteiger charge is -2.34. The largest absolute Gasteiger partial charge is 0.469 e. The molecule has 1 aromatic rings. The van der Waals surface area contributed by atoms with Gasteiger partial charge in [0.05, 0.1) is 0 Å². The van der Waals surface area contributed by atoms with Crippen LogP contribution in [0.5, 0.6) is 5.75 Å². The first-order valence-corrected chi connectivity index (χ1v) is 8.26. The number of alkyl halides is 1. The number of aromatic amines is 1. The Bertz CT molecular complexity index is 791. The highest BCUT2D eigenvalue weighted by Crippen LogP contribution is 2.38. The lowest BCUT2D eigenvalue weighted by Crippen LogP contribution is -2.48. The van der Waals surface area contributed by atoms with Crippen LogP contribution in [0.1, 0.15) is 16.9 Å². The fourth-order valence-corrected chi connectivity index (χ4v) is 3.10. The number of nitrogens with zero attached hydrogens (tertiary/aromatic N) is 3. The zero-order valence-electron chi connectivity index (χ0n) is 14.1. The van der Waals surface area contributed by atoms with Gasteiger partial charge in [-0.2, -0.15) is 0 Å². The van der Waals surface area contributed by atoms with E-state index in [1.54, 1.807) is 25.4 Å². The Morgan fingerprint density at radius 1 is 1.50 bits per heavy atom. The average Bonchev–Trinajstić information content (AvgIpc) is 3.21. The summed E-state index contributed by atoms with van der Waals surface area (Å²) in [5.74, 6) is 0.786. The molecule has 0 saturated carbocycles. The molecule has 0 spiro atoms. The number of hydrogen-bond donors (Lipinski definition) is 3. The summed E-state index contributed by atoms with van der Waals surface area (Å²) >= 11 is 0. The van der Waals surface area contributed by atoms with Crippen LogP contribution in [0.15, 0.2) is 30.1 Å². The van der Waals surface area contributed by atoms with Crippen molar-refractivity contribution >= 4 is 18.1 Å². The fourth-order valence-electron chi connectivity index (χ4n) is 3.10. The molecule has 4 rings (SSSR count). The Kier molecular flexibility index (Phi) is 4.13. The van der Waals surface area contributed by atoms with E-state index in [4.69, 9.17) is 4.74 Å². The molecule has 3 aliphatic heterocycles. The molecule has 0 radical (unpaired) electrons. The third kappa shape index (κ3) is 2.63. The number of amides is 2. The maximum Gasteiger partial charge on any atom is 0.272 e. The smallest absolute Gasteiger partial charge is 0.272 e. The van der Waals surface area contributed by atoms with Crippen molar-refractivity contribution in [1.29, 1.82) is 0 Å². The van der Waals surface area contributed by atoms with Crippen LogP contribution in [0.3, 0.4) is 0 Å². The number of carbonyl (C=O) groups excluding carboxylic acids is 2. The molecule has 0 aromatic carbocycles. The predicted molar refractivity (Wildman–Crippen MR) is 90.4 cm³/mol. The monoisotopic (exact) mass is 362 g/mol. The van der Waals surface area contributed by atoms with Crippen molar-refractivity contribution < 1.29 is 18.7 Å². The Balaban J connectivity index is 1.57. The number of ether oxygens (including phenoxy) is 1. The van der Waals surface area contributed by atoms with Gasteiger partial charge in [0, 0.05) is 30.9 Å². The van der Waals surface area contributed by atoms with E-state index in [0.29, 0.717) is 30.2 Å². The summed E-state index contributed by atoms with van der Waals surface area (Å²) in [6.07, 6.45) is 4.78. The zero-order valence-corrected chi connectivity index (χ0v) is 14.1. The summed E-state index contributed by atoms with van der Waals surface area (Å²) in [6.45, 7) is 0.690. The molecule has 1 aromatic heterocycles. The normalized spacial score (nSPS) is 24.1. The van der Waals surface area contributed by atoms with E-state index < -0.39 is 6.30 Å². The van der Waals surface area contributed by atoms with E-state index in [2.05, 4.69) is 15.8 Å². The van der Waals surface area contributed by atoms with Gasteiger partial charge >= 0.3 is 0 Å². The Labute approximate surface area is 149 Å². The molecule has 138 valence electrons. The minimum Gasteiger partial charge on any atom is -0.469 e. The van der Waals surface area contributed by atoms with Crippen molar-refractivity contribution in [2.24, 2.45) is 0 Å². The number of fused-ring (bicyclic) bond motifs is 1. The number of rotatable bonds is 5. The topological polar surface area (TPSA) is 92.9 Å². The quantitative estimate of drug-likeness (QED) is 0.395. The number of hydrogen-bond acceptors (Lipinski definition) is 6. The third-order valence-electron chi connectivity index (χ3n) is 4.61. The van der Waals surface area contributed by atoms with E-state index in [9.17, 15) is 14.0 Å². The van der Waals surface area contributed by atoms with E-state index in [0.717, 1.165) is 12.1 Å². The highest BCUT2D eigenvalue weighted by molar-refractivity contribution is 5.95. The number of anilines is 1. The Morgan fingerprint density at radius 2 is 2.35 bits per heavy atom. The maximum absolute atomic E-state index is 13.5.